The number of hydrogen-bond acceptors (Lipinski definition) is 7. The van der Waals surface area contributed by atoms with Gasteiger partial charge in [-0.2, -0.15) is 0 Å². The zero-order valence-electron chi connectivity index (χ0n) is 13.3. The highest BCUT2D eigenvalue weighted by molar-refractivity contribution is 7.22. The molecule has 6 nitrogen and oxygen atoms in total. The minimum Gasteiger partial charge on any atom is -0.465 e. The van der Waals surface area contributed by atoms with Crippen LogP contribution < -0.4 is 5.32 Å². The van der Waals surface area contributed by atoms with Crippen LogP contribution >= 0.6 is 11.3 Å². The first-order valence-corrected chi connectivity index (χ1v) is 7.97. The third-order valence-electron chi connectivity index (χ3n) is 3.44. The van der Waals surface area contributed by atoms with Crippen LogP contribution in [0.1, 0.15) is 20.7 Å². The average Bonchev–Trinajstić information content (AvgIpc) is 3.01. The van der Waals surface area contributed by atoms with Crippen LogP contribution in [0.15, 0.2) is 36.4 Å². The molecule has 3 rings (SSSR count). The van der Waals surface area contributed by atoms with Crippen molar-refractivity contribution in [2.24, 2.45) is 0 Å². The van der Waals surface area contributed by atoms with E-state index in [1.165, 1.54) is 55.9 Å². The Morgan fingerprint density at radius 3 is 2.56 bits per heavy atom. The molecule has 0 unspecified atom stereocenters. The molecule has 2 aromatic carbocycles. The molecule has 0 aliphatic carbocycles. The number of anilines is 2. The third kappa shape index (κ3) is 3.43. The maximum absolute atomic E-state index is 13.3. The van der Waals surface area contributed by atoms with Gasteiger partial charge in [-0.05, 0) is 36.4 Å². The van der Waals surface area contributed by atoms with Crippen molar-refractivity contribution < 1.29 is 23.5 Å². The Hall–Kier alpha value is -3.00. The lowest BCUT2D eigenvalue weighted by molar-refractivity contribution is 0.0587. The lowest BCUT2D eigenvalue weighted by Crippen LogP contribution is -2.08. The van der Waals surface area contributed by atoms with E-state index in [2.05, 4.69) is 10.3 Å². The number of hydrogen-bond donors (Lipinski definition) is 1. The molecule has 1 heterocycles. The highest BCUT2D eigenvalue weighted by Gasteiger charge is 2.17. The summed E-state index contributed by atoms with van der Waals surface area (Å²) in [6.07, 6.45) is 0. The van der Waals surface area contributed by atoms with Crippen LogP contribution in [0.25, 0.3) is 10.2 Å². The Bertz CT molecular complexity index is 970. The number of methoxy groups -OCH3 is 2. The molecule has 3 aromatic rings. The summed E-state index contributed by atoms with van der Waals surface area (Å²) in [5.74, 6) is -1.46. The molecule has 0 aliphatic rings. The Morgan fingerprint density at radius 2 is 1.84 bits per heavy atom. The van der Waals surface area contributed by atoms with Gasteiger partial charge in [0, 0.05) is 0 Å². The van der Waals surface area contributed by atoms with Gasteiger partial charge in [-0.25, -0.2) is 19.0 Å². The first-order valence-electron chi connectivity index (χ1n) is 7.15. The molecule has 0 radical (unpaired) electrons. The summed E-state index contributed by atoms with van der Waals surface area (Å²) >= 11 is 1.22. The highest BCUT2D eigenvalue weighted by Crippen LogP contribution is 2.30. The molecule has 0 atom stereocenters. The molecule has 0 amide bonds. The molecule has 0 saturated heterocycles. The molecular weight excluding hydrogens is 347 g/mol. The van der Waals surface area contributed by atoms with Gasteiger partial charge in [0.1, 0.15) is 5.82 Å². The van der Waals surface area contributed by atoms with Crippen molar-refractivity contribution in [1.29, 1.82) is 0 Å². The summed E-state index contributed by atoms with van der Waals surface area (Å²) in [5.41, 5.74) is 1.47. The lowest BCUT2D eigenvalue weighted by Gasteiger charge is -2.10. The first kappa shape index (κ1) is 16.8. The number of benzene rings is 2. The minimum absolute atomic E-state index is 0.237. The van der Waals surface area contributed by atoms with E-state index in [9.17, 15) is 14.0 Å². The zero-order chi connectivity index (χ0) is 18.0. The monoisotopic (exact) mass is 360 g/mol. The molecule has 8 heteroatoms. The van der Waals surface area contributed by atoms with Crippen LogP contribution in [0, 0.1) is 5.82 Å². The van der Waals surface area contributed by atoms with Gasteiger partial charge in [0.25, 0.3) is 0 Å². The summed E-state index contributed by atoms with van der Waals surface area (Å²) in [4.78, 5) is 28.0. The standard InChI is InChI=1S/C17H13FN2O4S/c1-23-15(21)9-3-5-11(16(22)24-2)13(7-9)20-17-19-12-6-4-10(18)8-14(12)25-17/h3-8H,1-2H3,(H,19,20). The second-order valence-corrected chi connectivity index (χ2v) is 6.03. The normalized spacial score (nSPS) is 10.5. The summed E-state index contributed by atoms with van der Waals surface area (Å²) in [6, 6.07) is 8.68. The van der Waals surface area contributed by atoms with Gasteiger partial charge >= 0.3 is 11.9 Å². The molecule has 1 aromatic heterocycles. The molecule has 0 aliphatic heterocycles. The summed E-state index contributed by atoms with van der Waals surface area (Å²) in [6.45, 7) is 0. The SMILES string of the molecule is COC(=O)c1ccc(C(=O)OC)c(Nc2nc3ccc(F)cc3s2)c1. The Labute approximate surface area is 146 Å². The second kappa shape index (κ2) is 6.86. The molecule has 1 N–H and O–H groups in total. The van der Waals surface area contributed by atoms with Crippen molar-refractivity contribution in [1.82, 2.24) is 4.98 Å². The largest absolute Gasteiger partial charge is 0.465 e. The lowest BCUT2D eigenvalue weighted by atomic mass is 10.1. The van der Waals surface area contributed by atoms with Gasteiger partial charge in [-0.15, -0.1) is 0 Å². The van der Waals surface area contributed by atoms with Crippen LogP contribution in [-0.2, 0) is 9.47 Å². The van der Waals surface area contributed by atoms with Gasteiger partial charge in [0.05, 0.1) is 41.3 Å². The number of rotatable bonds is 4. The van der Waals surface area contributed by atoms with Crippen LogP contribution in [0.3, 0.4) is 0 Å². The average molecular weight is 360 g/mol. The van der Waals surface area contributed by atoms with E-state index >= 15 is 0 Å². The number of carbonyl (C=O) groups excluding carboxylic acids is 2. The van der Waals surface area contributed by atoms with Crippen molar-refractivity contribution in [2.75, 3.05) is 19.5 Å². The summed E-state index contributed by atoms with van der Waals surface area (Å²) in [5, 5.41) is 3.44. The van der Waals surface area contributed by atoms with Gasteiger partial charge < -0.3 is 14.8 Å². The van der Waals surface area contributed by atoms with Gasteiger partial charge in [0.2, 0.25) is 0 Å². The number of thiazole rings is 1. The summed E-state index contributed by atoms with van der Waals surface area (Å²) in [7, 11) is 2.53. The quantitative estimate of drug-likeness (QED) is 0.714. The number of fused-ring (bicyclic) bond motifs is 1. The van der Waals surface area contributed by atoms with E-state index in [0.29, 0.717) is 21.0 Å². The Balaban J connectivity index is 2.03. The second-order valence-electron chi connectivity index (χ2n) is 5.00. The van der Waals surface area contributed by atoms with Crippen LogP contribution in [0.2, 0.25) is 0 Å². The molecule has 128 valence electrons. The number of carbonyl (C=O) groups is 2. The fourth-order valence-corrected chi connectivity index (χ4v) is 3.15. The molecule has 0 fully saturated rings. The van der Waals surface area contributed by atoms with Crippen LogP contribution in [0.4, 0.5) is 15.2 Å². The minimum atomic E-state index is -0.564. The van der Waals surface area contributed by atoms with E-state index in [-0.39, 0.29) is 16.9 Å². The fraction of sp³-hybridized carbons (Fsp3) is 0.118. The number of aromatic nitrogens is 1. The smallest absolute Gasteiger partial charge is 0.339 e. The van der Waals surface area contributed by atoms with E-state index in [1.54, 1.807) is 6.07 Å². The molecule has 25 heavy (non-hydrogen) atoms. The topological polar surface area (TPSA) is 77.5 Å². The maximum atomic E-state index is 13.3. The number of esters is 2. The summed E-state index contributed by atoms with van der Waals surface area (Å²) < 4.78 is 23.4. The van der Waals surface area contributed by atoms with E-state index in [1.807, 2.05) is 0 Å². The van der Waals surface area contributed by atoms with Gasteiger partial charge in [-0.1, -0.05) is 11.3 Å². The van der Waals surface area contributed by atoms with Crippen LogP contribution in [-0.4, -0.2) is 31.1 Å². The Morgan fingerprint density at radius 1 is 1.08 bits per heavy atom. The van der Waals surface area contributed by atoms with Crippen molar-refractivity contribution in [3.05, 3.63) is 53.3 Å². The number of halogens is 1. The molecule has 0 bridgehead atoms. The van der Waals surface area contributed by atoms with Crippen molar-refractivity contribution in [3.8, 4) is 0 Å². The highest BCUT2D eigenvalue weighted by atomic mass is 32.1. The number of ether oxygens (including phenoxy) is 2. The van der Waals surface area contributed by atoms with Crippen molar-refractivity contribution in [2.45, 2.75) is 0 Å². The predicted molar refractivity (Wildman–Crippen MR) is 92.0 cm³/mol. The van der Waals surface area contributed by atoms with Crippen molar-refractivity contribution >= 4 is 44.3 Å². The molecular formula is C17H13FN2O4S. The maximum Gasteiger partial charge on any atom is 0.339 e. The van der Waals surface area contributed by atoms with E-state index in [4.69, 9.17) is 9.47 Å². The first-order chi connectivity index (χ1) is 12.0. The van der Waals surface area contributed by atoms with Gasteiger partial charge in [0.15, 0.2) is 5.13 Å². The Kier molecular flexibility index (Phi) is 4.62. The van der Waals surface area contributed by atoms with Crippen LogP contribution in [0.5, 0.6) is 0 Å². The van der Waals surface area contributed by atoms with E-state index in [0.717, 1.165) is 0 Å². The molecule has 0 saturated carbocycles. The van der Waals surface area contributed by atoms with Gasteiger partial charge in [-0.3, -0.25) is 0 Å². The zero-order valence-corrected chi connectivity index (χ0v) is 14.1. The predicted octanol–water partition coefficient (Wildman–Crippen LogP) is 3.75. The molecule has 0 spiro atoms. The number of nitrogens with one attached hydrogen (secondary N) is 1. The van der Waals surface area contributed by atoms with E-state index < -0.39 is 11.9 Å². The third-order valence-corrected chi connectivity index (χ3v) is 4.37. The van der Waals surface area contributed by atoms with Crippen molar-refractivity contribution in [3.63, 3.8) is 0 Å². The number of nitrogens with zero attached hydrogens (tertiary/aromatic N) is 1. The fourth-order valence-electron chi connectivity index (χ4n) is 2.25.